The highest BCUT2D eigenvalue weighted by Gasteiger charge is 2.27. The first-order valence-corrected chi connectivity index (χ1v) is 7.45. The number of ether oxygens (including phenoxy) is 1. The Morgan fingerprint density at radius 2 is 2.20 bits per heavy atom. The molecule has 1 fully saturated rings. The Bertz CT molecular complexity index is 161. The highest BCUT2D eigenvalue weighted by atomic mass is 28.3. The van der Waals surface area contributed by atoms with E-state index < -0.39 is 9.28 Å². The summed E-state index contributed by atoms with van der Waals surface area (Å²) in [5, 5.41) is 3.37. The standard InChI is InChI=1S/C10H23NO3Si/c1-4-9(8-15(12-2)13-3)10-7-11-5-6-14-10/h9-11,15H,4-8H2,1-3H3. The number of hydrogen-bond acceptors (Lipinski definition) is 4. The van der Waals surface area contributed by atoms with E-state index >= 15 is 0 Å². The van der Waals surface area contributed by atoms with Crippen molar-refractivity contribution in [2.45, 2.75) is 25.5 Å². The SMILES string of the molecule is CCC(C[SiH](OC)OC)C1CNCCO1. The zero-order valence-electron chi connectivity index (χ0n) is 9.99. The maximum Gasteiger partial charge on any atom is 0.321 e. The molecule has 1 saturated heterocycles. The molecular formula is C10H23NO3Si. The first-order valence-electron chi connectivity index (χ1n) is 5.69. The van der Waals surface area contributed by atoms with Crippen LogP contribution < -0.4 is 5.32 Å². The topological polar surface area (TPSA) is 39.7 Å². The quantitative estimate of drug-likeness (QED) is 0.679. The molecular weight excluding hydrogens is 210 g/mol. The van der Waals surface area contributed by atoms with Gasteiger partial charge in [-0.3, -0.25) is 0 Å². The van der Waals surface area contributed by atoms with E-state index in [1.807, 2.05) is 0 Å². The average molecular weight is 233 g/mol. The van der Waals surface area contributed by atoms with Crippen molar-refractivity contribution in [3.8, 4) is 0 Å². The van der Waals surface area contributed by atoms with Crippen molar-refractivity contribution in [1.29, 1.82) is 0 Å². The van der Waals surface area contributed by atoms with E-state index in [4.69, 9.17) is 13.6 Å². The summed E-state index contributed by atoms with van der Waals surface area (Å²) in [6, 6.07) is 1.04. The largest absolute Gasteiger partial charge is 0.400 e. The van der Waals surface area contributed by atoms with Crippen molar-refractivity contribution < 1.29 is 13.6 Å². The summed E-state index contributed by atoms with van der Waals surface area (Å²) in [6.07, 6.45) is 1.46. The van der Waals surface area contributed by atoms with Gasteiger partial charge in [-0.25, -0.2) is 0 Å². The van der Waals surface area contributed by atoms with Crippen LogP contribution in [0.25, 0.3) is 0 Å². The van der Waals surface area contributed by atoms with Gasteiger partial charge in [0, 0.05) is 27.3 Å². The fraction of sp³-hybridized carbons (Fsp3) is 1.00. The monoisotopic (exact) mass is 233 g/mol. The van der Waals surface area contributed by atoms with Gasteiger partial charge in [-0.15, -0.1) is 0 Å². The Hall–Kier alpha value is 0.0569. The molecule has 15 heavy (non-hydrogen) atoms. The molecule has 0 aromatic rings. The second-order valence-electron chi connectivity index (χ2n) is 3.92. The highest BCUT2D eigenvalue weighted by Crippen LogP contribution is 2.20. The Labute approximate surface area is 94.1 Å². The highest BCUT2D eigenvalue weighted by molar-refractivity contribution is 6.44. The number of morpholine rings is 1. The Morgan fingerprint density at radius 3 is 2.67 bits per heavy atom. The molecule has 0 spiro atoms. The zero-order valence-corrected chi connectivity index (χ0v) is 11.1. The van der Waals surface area contributed by atoms with Gasteiger partial charge in [0.05, 0.1) is 12.7 Å². The van der Waals surface area contributed by atoms with Crippen molar-refractivity contribution in [1.82, 2.24) is 5.32 Å². The molecule has 5 heteroatoms. The van der Waals surface area contributed by atoms with Crippen LogP contribution in [0.2, 0.25) is 6.04 Å². The third kappa shape index (κ3) is 4.20. The molecule has 0 bridgehead atoms. The third-order valence-electron chi connectivity index (χ3n) is 3.03. The third-order valence-corrected chi connectivity index (χ3v) is 5.07. The molecule has 0 aromatic heterocycles. The van der Waals surface area contributed by atoms with E-state index in [0.29, 0.717) is 12.0 Å². The normalized spacial score (nSPS) is 24.4. The molecule has 1 aliphatic heterocycles. The maximum atomic E-state index is 5.77. The summed E-state index contributed by atoms with van der Waals surface area (Å²) in [7, 11) is 2.04. The fourth-order valence-corrected chi connectivity index (χ4v) is 3.71. The molecule has 4 nitrogen and oxygen atoms in total. The fourth-order valence-electron chi connectivity index (χ4n) is 2.01. The molecule has 0 radical (unpaired) electrons. The van der Waals surface area contributed by atoms with E-state index in [2.05, 4.69) is 12.2 Å². The summed E-state index contributed by atoms with van der Waals surface area (Å²) in [5.41, 5.74) is 0. The van der Waals surface area contributed by atoms with Gasteiger partial charge in [-0.05, 0) is 12.0 Å². The number of nitrogens with one attached hydrogen (secondary N) is 1. The van der Waals surface area contributed by atoms with Gasteiger partial charge in [-0.1, -0.05) is 13.3 Å². The zero-order chi connectivity index (χ0) is 11.1. The van der Waals surface area contributed by atoms with Gasteiger partial charge >= 0.3 is 9.28 Å². The molecule has 0 aliphatic carbocycles. The Balaban J connectivity index is 2.38. The van der Waals surface area contributed by atoms with Gasteiger partial charge in [0.2, 0.25) is 0 Å². The lowest BCUT2D eigenvalue weighted by Gasteiger charge is -2.31. The van der Waals surface area contributed by atoms with E-state index in [1.54, 1.807) is 14.2 Å². The van der Waals surface area contributed by atoms with Crippen LogP contribution in [0.3, 0.4) is 0 Å². The molecule has 1 heterocycles. The van der Waals surface area contributed by atoms with Crippen molar-refractivity contribution in [2.24, 2.45) is 5.92 Å². The molecule has 90 valence electrons. The lowest BCUT2D eigenvalue weighted by Crippen LogP contribution is -2.43. The summed E-state index contributed by atoms with van der Waals surface area (Å²) in [5.74, 6) is 0.564. The van der Waals surface area contributed by atoms with Gasteiger partial charge < -0.3 is 18.9 Å². The van der Waals surface area contributed by atoms with Crippen molar-refractivity contribution in [3.05, 3.63) is 0 Å². The molecule has 1 N–H and O–H groups in total. The minimum atomic E-state index is -1.45. The number of rotatable bonds is 6. The van der Waals surface area contributed by atoms with Crippen molar-refractivity contribution in [3.63, 3.8) is 0 Å². The van der Waals surface area contributed by atoms with Crippen LogP contribution in [0.15, 0.2) is 0 Å². The molecule has 1 aliphatic rings. The lowest BCUT2D eigenvalue weighted by atomic mass is 10.0. The van der Waals surface area contributed by atoms with E-state index in [-0.39, 0.29) is 0 Å². The van der Waals surface area contributed by atoms with Gasteiger partial charge in [0.15, 0.2) is 0 Å². The minimum Gasteiger partial charge on any atom is -0.400 e. The smallest absolute Gasteiger partial charge is 0.321 e. The minimum absolute atomic E-state index is 0.337. The Kier molecular flexibility index (Phi) is 6.43. The second kappa shape index (κ2) is 7.35. The van der Waals surface area contributed by atoms with Crippen LogP contribution >= 0.6 is 0 Å². The van der Waals surface area contributed by atoms with Crippen LogP contribution in [0.5, 0.6) is 0 Å². The van der Waals surface area contributed by atoms with E-state index in [1.165, 1.54) is 0 Å². The van der Waals surface area contributed by atoms with Crippen LogP contribution in [0.4, 0.5) is 0 Å². The van der Waals surface area contributed by atoms with Crippen LogP contribution in [0.1, 0.15) is 13.3 Å². The maximum absolute atomic E-state index is 5.77. The Morgan fingerprint density at radius 1 is 1.47 bits per heavy atom. The molecule has 0 aromatic carbocycles. The van der Waals surface area contributed by atoms with Crippen LogP contribution in [-0.2, 0) is 13.6 Å². The first kappa shape index (κ1) is 13.1. The van der Waals surface area contributed by atoms with Crippen molar-refractivity contribution >= 4 is 9.28 Å². The second-order valence-corrected chi connectivity index (χ2v) is 6.19. The van der Waals surface area contributed by atoms with E-state index in [0.717, 1.165) is 32.2 Å². The molecule has 0 amide bonds. The predicted octanol–water partition coefficient (Wildman–Crippen LogP) is 0.514. The van der Waals surface area contributed by atoms with E-state index in [9.17, 15) is 0 Å². The summed E-state index contributed by atoms with van der Waals surface area (Å²) in [6.45, 7) is 4.97. The van der Waals surface area contributed by atoms with Crippen molar-refractivity contribution in [2.75, 3.05) is 33.9 Å². The van der Waals surface area contributed by atoms with Gasteiger partial charge in [0.25, 0.3) is 0 Å². The average Bonchev–Trinajstić information content (AvgIpc) is 2.32. The summed E-state index contributed by atoms with van der Waals surface area (Å²) >= 11 is 0. The predicted molar refractivity (Wildman–Crippen MR) is 62.4 cm³/mol. The molecule has 2 unspecified atom stereocenters. The van der Waals surface area contributed by atoms with Gasteiger partial charge in [0.1, 0.15) is 0 Å². The molecule has 2 atom stereocenters. The number of hydrogen-bond donors (Lipinski definition) is 1. The first-order chi connectivity index (χ1) is 7.31. The molecule has 0 saturated carbocycles. The van der Waals surface area contributed by atoms with Crippen LogP contribution in [0, 0.1) is 5.92 Å². The summed E-state index contributed by atoms with van der Waals surface area (Å²) < 4.78 is 16.5. The summed E-state index contributed by atoms with van der Waals surface area (Å²) in [4.78, 5) is 0. The lowest BCUT2D eigenvalue weighted by molar-refractivity contribution is -0.00698. The molecule has 1 rings (SSSR count). The van der Waals surface area contributed by atoms with Gasteiger partial charge in [-0.2, -0.15) is 0 Å². The van der Waals surface area contributed by atoms with Crippen LogP contribution in [-0.4, -0.2) is 49.3 Å².